The Hall–Kier alpha value is -2.14. The van der Waals surface area contributed by atoms with Crippen molar-refractivity contribution in [2.24, 2.45) is 5.10 Å². The van der Waals surface area contributed by atoms with Crippen LogP contribution >= 0.6 is 11.8 Å². The van der Waals surface area contributed by atoms with Crippen LogP contribution in [0.1, 0.15) is 24.5 Å². The fraction of sp³-hybridized carbons (Fsp3) is 0.222. The van der Waals surface area contributed by atoms with Gasteiger partial charge in [-0.15, -0.1) is 11.8 Å². The number of rotatable bonds is 6. The number of hydrogen-bond donors (Lipinski definition) is 1. The van der Waals surface area contributed by atoms with Crippen LogP contribution in [0.3, 0.4) is 0 Å². The predicted molar refractivity (Wildman–Crippen MR) is 93.3 cm³/mol. The van der Waals surface area contributed by atoms with E-state index in [0.29, 0.717) is 17.9 Å². The molecule has 5 heteroatoms. The number of aryl methyl sites for hydroxylation is 1. The predicted octanol–water partition coefficient (Wildman–Crippen LogP) is 4.16. The van der Waals surface area contributed by atoms with Gasteiger partial charge in [-0.25, -0.2) is 9.82 Å². The maximum absolute atomic E-state index is 12.9. The summed E-state index contributed by atoms with van der Waals surface area (Å²) in [7, 11) is 0. The van der Waals surface area contributed by atoms with Crippen molar-refractivity contribution in [3.63, 3.8) is 0 Å². The SMILES string of the molecule is C/C(=N/NC(=O)CCSc1ccc(C)cc1)c1ccc(F)cc1. The number of halogens is 1. The van der Waals surface area contributed by atoms with E-state index >= 15 is 0 Å². The van der Waals surface area contributed by atoms with Crippen LogP contribution in [0.4, 0.5) is 4.39 Å². The molecule has 0 aliphatic rings. The molecule has 3 nitrogen and oxygen atoms in total. The highest BCUT2D eigenvalue weighted by Gasteiger charge is 2.03. The zero-order chi connectivity index (χ0) is 16.7. The molecular formula is C18H19FN2OS. The lowest BCUT2D eigenvalue weighted by Gasteiger charge is -2.04. The number of carbonyl (C=O) groups is 1. The third-order valence-electron chi connectivity index (χ3n) is 3.23. The molecule has 0 unspecified atom stereocenters. The lowest BCUT2D eigenvalue weighted by atomic mass is 10.1. The molecule has 2 aromatic rings. The number of hydrogen-bond acceptors (Lipinski definition) is 3. The minimum Gasteiger partial charge on any atom is -0.273 e. The molecule has 0 atom stereocenters. The van der Waals surface area contributed by atoms with Crippen LogP contribution in [0.5, 0.6) is 0 Å². The lowest BCUT2D eigenvalue weighted by molar-refractivity contribution is -0.120. The number of carbonyl (C=O) groups excluding carboxylic acids is 1. The topological polar surface area (TPSA) is 41.5 Å². The molecule has 0 spiro atoms. The Morgan fingerprint density at radius 1 is 1.13 bits per heavy atom. The summed E-state index contributed by atoms with van der Waals surface area (Å²) in [5.41, 5.74) is 5.17. The summed E-state index contributed by atoms with van der Waals surface area (Å²) >= 11 is 1.64. The molecule has 2 rings (SSSR count). The van der Waals surface area contributed by atoms with E-state index in [-0.39, 0.29) is 11.7 Å². The van der Waals surface area contributed by atoms with Gasteiger partial charge in [0.05, 0.1) is 5.71 Å². The van der Waals surface area contributed by atoms with Gasteiger partial charge in [-0.2, -0.15) is 5.10 Å². The first-order valence-electron chi connectivity index (χ1n) is 7.33. The molecule has 2 aromatic carbocycles. The van der Waals surface area contributed by atoms with Gasteiger partial charge in [-0.1, -0.05) is 29.8 Å². The largest absolute Gasteiger partial charge is 0.273 e. The van der Waals surface area contributed by atoms with E-state index in [1.807, 2.05) is 6.92 Å². The standard InChI is InChI=1S/C18H19FN2OS/c1-13-3-9-17(10-4-13)23-12-11-18(22)21-20-14(2)15-5-7-16(19)8-6-15/h3-10H,11-12H2,1-2H3,(H,21,22)/b20-14-. The highest BCUT2D eigenvalue weighted by molar-refractivity contribution is 7.99. The number of thioether (sulfide) groups is 1. The molecule has 0 radical (unpaired) electrons. The maximum Gasteiger partial charge on any atom is 0.240 e. The quantitative estimate of drug-likeness (QED) is 0.491. The molecule has 0 fully saturated rings. The van der Waals surface area contributed by atoms with Gasteiger partial charge in [0.25, 0.3) is 0 Å². The van der Waals surface area contributed by atoms with Gasteiger partial charge in [0, 0.05) is 17.1 Å². The minimum atomic E-state index is -0.293. The van der Waals surface area contributed by atoms with Crippen LogP contribution < -0.4 is 5.43 Å². The maximum atomic E-state index is 12.9. The van der Waals surface area contributed by atoms with E-state index in [2.05, 4.69) is 34.8 Å². The molecule has 0 saturated carbocycles. The molecule has 120 valence electrons. The van der Waals surface area contributed by atoms with Crippen molar-refractivity contribution >= 4 is 23.4 Å². The first-order chi connectivity index (χ1) is 11.0. The van der Waals surface area contributed by atoms with Crippen molar-refractivity contribution < 1.29 is 9.18 Å². The van der Waals surface area contributed by atoms with E-state index in [4.69, 9.17) is 0 Å². The minimum absolute atomic E-state index is 0.133. The second kappa shape index (κ2) is 8.48. The molecular weight excluding hydrogens is 311 g/mol. The first kappa shape index (κ1) is 17.2. The summed E-state index contributed by atoms with van der Waals surface area (Å²) in [6, 6.07) is 14.2. The highest BCUT2D eigenvalue weighted by Crippen LogP contribution is 2.18. The average molecular weight is 330 g/mol. The fourth-order valence-electron chi connectivity index (χ4n) is 1.85. The lowest BCUT2D eigenvalue weighted by Crippen LogP contribution is -2.19. The van der Waals surface area contributed by atoms with Gasteiger partial charge in [0.2, 0.25) is 5.91 Å². The van der Waals surface area contributed by atoms with Crippen molar-refractivity contribution in [1.29, 1.82) is 0 Å². The Balaban J connectivity index is 1.77. The molecule has 1 N–H and O–H groups in total. The normalized spacial score (nSPS) is 11.3. The average Bonchev–Trinajstić information content (AvgIpc) is 2.55. The number of hydrazone groups is 1. The Bertz CT molecular complexity index is 681. The van der Waals surface area contributed by atoms with Crippen molar-refractivity contribution in [2.45, 2.75) is 25.2 Å². The van der Waals surface area contributed by atoms with E-state index < -0.39 is 0 Å². The molecule has 0 bridgehead atoms. The van der Waals surface area contributed by atoms with Crippen LogP contribution in [-0.4, -0.2) is 17.4 Å². The molecule has 23 heavy (non-hydrogen) atoms. The smallest absolute Gasteiger partial charge is 0.240 e. The summed E-state index contributed by atoms with van der Waals surface area (Å²) in [5, 5.41) is 4.05. The summed E-state index contributed by atoms with van der Waals surface area (Å²) < 4.78 is 12.9. The van der Waals surface area contributed by atoms with Gasteiger partial charge >= 0.3 is 0 Å². The van der Waals surface area contributed by atoms with Crippen molar-refractivity contribution in [1.82, 2.24) is 5.43 Å². The summed E-state index contributed by atoms with van der Waals surface area (Å²) in [4.78, 5) is 12.9. The van der Waals surface area contributed by atoms with Gasteiger partial charge in [-0.3, -0.25) is 4.79 Å². The van der Waals surface area contributed by atoms with Crippen LogP contribution in [0.25, 0.3) is 0 Å². The molecule has 0 saturated heterocycles. The van der Waals surface area contributed by atoms with Crippen LogP contribution in [-0.2, 0) is 4.79 Å². The molecule has 0 aromatic heterocycles. The molecule has 0 aliphatic heterocycles. The fourth-order valence-corrected chi connectivity index (χ4v) is 2.71. The highest BCUT2D eigenvalue weighted by atomic mass is 32.2. The van der Waals surface area contributed by atoms with Gasteiger partial charge in [-0.05, 0) is 43.7 Å². The van der Waals surface area contributed by atoms with E-state index in [9.17, 15) is 9.18 Å². The van der Waals surface area contributed by atoms with Gasteiger partial charge in [0.15, 0.2) is 0 Å². The number of nitrogens with zero attached hydrogens (tertiary/aromatic N) is 1. The van der Waals surface area contributed by atoms with Gasteiger partial charge < -0.3 is 0 Å². The third-order valence-corrected chi connectivity index (χ3v) is 4.24. The number of amides is 1. The summed E-state index contributed by atoms with van der Waals surface area (Å²) in [5.74, 6) is 0.268. The van der Waals surface area contributed by atoms with E-state index in [1.54, 1.807) is 30.8 Å². The summed E-state index contributed by atoms with van der Waals surface area (Å²) in [6.07, 6.45) is 0.388. The number of nitrogens with one attached hydrogen (secondary N) is 1. The number of benzene rings is 2. The van der Waals surface area contributed by atoms with E-state index in [1.165, 1.54) is 17.7 Å². The Labute approximate surface area is 140 Å². The zero-order valence-electron chi connectivity index (χ0n) is 13.2. The van der Waals surface area contributed by atoms with Gasteiger partial charge in [0.1, 0.15) is 5.82 Å². The Kier molecular flexibility index (Phi) is 6.35. The zero-order valence-corrected chi connectivity index (χ0v) is 14.0. The van der Waals surface area contributed by atoms with Crippen molar-refractivity contribution in [2.75, 3.05) is 5.75 Å². The van der Waals surface area contributed by atoms with Crippen LogP contribution in [0, 0.1) is 12.7 Å². The van der Waals surface area contributed by atoms with E-state index in [0.717, 1.165) is 10.5 Å². The van der Waals surface area contributed by atoms with Crippen LogP contribution in [0.2, 0.25) is 0 Å². The summed E-state index contributed by atoms with van der Waals surface area (Å²) in [6.45, 7) is 3.82. The van der Waals surface area contributed by atoms with Crippen molar-refractivity contribution in [3.05, 3.63) is 65.5 Å². The first-order valence-corrected chi connectivity index (χ1v) is 8.32. The molecule has 0 heterocycles. The molecule has 0 aliphatic carbocycles. The Morgan fingerprint density at radius 3 is 2.43 bits per heavy atom. The molecule has 1 amide bonds. The van der Waals surface area contributed by atoms with Crippen LogP contribution in [0.15, 0.2) is 58.5 Å². The third kappa shape index (κ3) is 5.87. The van der Waals surface area contributed by atoms with Crippen molar-refractivity contribution in [3.8, 4) is 0 Å². The monoisotopic (exact) mass is 330 g/mol. The second-order valence-corrected chi connectivity index (χ2v) is 6.32. The Morgan fingerprint density at radius 2 is 1.78 bits per heavy atom. The second-order valence-electron chi connectivity index (χ2n) is 5.15.